The van der Waals surface area contributed by atoms with Crippen LogP contribution in [0.25, 0.3) is 0 Å². The molecule has 3 aliphatic rings. The lowest BCUT2D eigenvalue weighted by molar-refractivity contribution is -0.208. The Balaban J connectivity index is 1.21. The summed E-state index contributed by atoms with van der Waals surface area (Å²) in [5.74, 6) is -1.24. The molecule has 3 saturated carbocycles. The number of nitrogens with zero attached hydrogens (tertiary/aromatic N) is 1. The van der Waals surface area contributed by atoms with Gasteiger partial charge in [0.2, 0.25) is 5.91 Å². The van der Waals surface area contributed by atoms with Crippen LogP contribution in [-0.4, -0.2) is 50.8 Å². The predicted octanol–water partition coefficient (Wildman–Crippen LogP) is 3.08. The summed E-state index contributed by atoms with van der Waals surface area (Å²) in [4.78, 5) is 26.5. The summed E-state index contributed by atoms with van der Waals surface area (Å²) in [6, 6.07) is 12.2. The summed E-state index contributed by atoms with van der Waals surface area (Å²) >= 11 is 5.70. The number of benzene rings is 2. The molecule has 3 N–H and O–H groups in total. The first-order chi connectivity index (χ1) is 16.1. The number of carbonyl (C=O) groups excluding carboxylic acids is 2. The number of hydrogen-bond donors (Lipinski definition) is 2. The topological polar surface area (TPSA) is 93.9 Å². The Morgan fingerprint density at radius 2 is 1.85 bits per heavy atom. The fourth-order valence-electron chi connectivity index (χ4n) is 5.10. The third kappa shape index (κ3) is 4.98. The lowest BCUT2D eigenvalue weighted by Crippen LogP contribution is -2.79. The molecule has 2 aromatic carbocycles. The monoisotopic (exact) mass is 489 g/mol. The van der Waals surface area contributed by atoms with Gasteiger partial charge in [0, 0.05) is 36.8 Å². The molecule has 2 bridgehead atoms. The van der Waals surface area contributed by atoms with E-state index in [2.05, 4.69) is 17.4 Å². The maximum Gasteiger partial charge on any atom is 0.259 e. The van der Waals surface area contributed by atoms with E-state index in [1.165, 1.54) is 12.1 Å². The quantitative estimate of drug-likeness (QED) is 0.473. The first-order valence-electron chi connectivity index (χ1n) is 11.2. The van der Waals surface area contributed by atoms with Gasteiger partial charge in [0.05, 0.1) is 11.6 Å². The number of nitrogens with one attached hydrogen (secondary N) is 1. The second-order valence-corrected chi connectivity index (χ2v) is 9.97. The molecule has 0 saturated heterocycles. The predicted molar refractivity (Wildman–Crippen MR) is 127 cm³/mol. The molecule has 0 spiro atoms. The molecule has 0 aromatic heterocycles. The van der Waals surface area contributed by atoms with Gasteiger partial charge in [-0.05, 0) is 55.5 Å². The van der Waals surface area contributed by atoms with E-state index in [1.807, 2.05) is 31.1 Å². The van der Waals surface area contributed by atoms with E-state index in [-0.39, 0.29) is 28.8 Å². The van der Waals surface area contributed by atoms with Crippen LogP contribution in [0.15, 0.2) is 42.5 Å². The van der Waals surface area contributed by atoms with Crippen LogP contribution in [0.5, 0.6) is 5.75 Å². The van der Waals surface area contributed by atoms with Crippen molar-refractivity contribution in [3.8, 4) is 5.75 Å². The molecule has 182 valence electrons. The van der Waals surface area contributed by atoms with Gasteiger partial charge in [0.25, 0.3) is 5.91 Å². The maximum atomic E-state index is 13.7. The van der Waals surface area contributed by atoms with E-state index < -0.39 is 23.2 Å². The number of primary amides is 1. The second-order valence-electron chi connectivity index (χ2n) is 9.56. The molecular formula is C25H29ClFN3O4. The minimum Gasteiger partial charge on any atom is -0.480 e. The first-order valence-corrected chi connectivity index (χ1v) is 11.6. The molecule has 7 nitrogen and oxygen atoms in total. The standard InChI is InChI=1S/C25H29ClFN3O4/c1-30(2)17-5-3-16(4-6-17)9-10-33-12-21(31)29-25-13-24(14-25,15-25)22(23(28)32)34-18-7-8-19(26)20(27)11-18/h3-8,11,22H,9-10,12-15H2,1-2H3,(H2,28,32)(H,29,31). The molecule has 0 heterocycles. The number of anilines is 1. The Morgan fingerprint density at radius 1 is 1.18 bits per heavy atom. The third-order valence-corrected chi connectivity index (χ3v) is 6.96. The van der Waals surface area contributed by atoms with E-state index in [1.54, 1.807) is 0 Å². The molecule has 0 aliphatic heterocycles. The van der Waals surface area contributed by atoms with Crippen LogP contribution < -0.4 is 20.7 Å². The van der Waals surface area contributed by atoms with Gasteiger partial charge in [0.15, 0.2) is 6.10 Å². The molecular weight excluding hydrogens is 461 g/mol. The highest BCUT2D eigenvalue weighted by atomic mass is 35.5. The zero-order valence-corrected chi connectivity index (χ0v) is 20.0. The van der Waals surface area contributed by atoms with Gasteiger partial charge in [-0.2, -0.15) is 0 Å². The number of carbonyl (C=O) groups is 2. The van der Waals surface area contributed by atoms with Gasteiger partial charge in [-0.15, -0.1) is 0 Å². The van der Waals surface area contributed by atoms with Crippen molar-refractivity contribution in [3.63, 3.8) is 0 Å². The zero-order valence-electron chi connectivity index (χ0n) is 19.3. The minimum atomic E-state index is -0.901. The number of rotatable bonds is 11. The third-order valence-electron chi connectivity index (χ3n) is 6.66. The molecule has 5 rings (SSSR count). The summed E-state index contributed by atoms with van der Waals surface area (Å²) < 4.78 is 25.0. The van der Waals surface area contributed by atoms with Gasteiger partial charge in [-0.3, -0.25) is 9.59 Å². The highest BCUT2D eigenvalue weighted by Crippen LogP contribution is 2.69. The summed E-state index contributed by atoms with van der Waals surface area (Å²) in [5.41, 5.74) is 7.04. The summed E-state index contributed by atoms with van der Waals surface area (Å²) in [6.07, 6.45) is 1.55. The van der Waals surface area contributed by atoms with Gasteiger partial charge in [0.1, 0.15) is 18.2 Å². The van der Waals surface area contributed by atoms with Crippen molar-refractivity contribution in [1.29, 1.82) is 0 Å². The molecule has 34 heavy (non-hydrogen) atoms. The van der Waals surface area contributed by atoms with E-state index in [0.717, 1.165) is 23.7 Å². The van der Waals surface area contributed by atoms with Crippen LogP contribution in [0.1, 0.15) is 24.8 Å². The van der Waals surface area contributed by atoms with E-state index in [9.17, 15) is 14.0 Å². The highest BCUT2D eigenvalue weighted by Gasteiger charge is 2.73. The van der Waals surface area contributed by atoms with Crippen LogP contribution in [0.2, 0.25) is 5.02 Å². The zero-order chi connectivity index (χ0) is 24.5. The van der Waals surface area contributed by atoms with Gasteiger partial charge < -0.3 is 25.4 Å². The minimum absolute atomic E-state index is 0.0235. The van der Waals surface area contributed by atoms with E-state index in [4.69, 9.17) is 26.8 Å². The lowest BCUT2D eigenvalue weighted by Gasteiger charge is -2.71. The Labute approximate surface area is 203 Å². The smallest absolute Gasteiger partial charge is 0.259 e. The van der Waals surface area contributed by atoms with E-state index in [0.29, 0.717) is 25.9 Å². The lowest BCUT2D eigenvalue weighted by atomic mass is 9.37. The Hall–Kier alpha value is -2.84. The van der Waals surface area contributed by atoms with Crippen molar-refractivity contribution in [2.24, 2.45) is 11.1 Å². The summed E-state index contributed by atoms with van der Waals surface area (Å²) in [5, 5.41) is 2.99. The summed E-state index contributed by atoms with van der Waals surface area (Å²) in [6.45, 7) is 0.422. The number of ether oxygens (including phenoxy) is 2. The van der Waals surface area contributed by atoms with Crippen molar-refractivity contribution in [3.05, 3.63) is 58.9 Å². The molecule has 3 fully saturated rings. The summed E-state index contributed by atoms with van der Waals surface area (Å²) in [7, 11) is 3.98. The Bertz CT molecular complexity index is 1060. The Kier molecular flexibility index (Phi) is 6.73. The fourth-order valence-corrected chi connectivity index (χ4v) is 5.21. The number of amides is 2. The largest absolute Gasteiger partial charge is 0.480 e. The number of hydrogen-bond acceptors (Lipinski definition) is 5. The van der Waals surface area contributed by atoms with Crippen molar-refractivity contribution in [2.75, 3.05) is 32.2 Å². The first kappa shape index (κ1) is 24.3. The Morgan fingerprint density at radius 3 is 2.44 bits per heavy atom. The van der Waals surface area contributed by atoms with Gasteiger partial charge in [-0.1, -0.05) is 23.7 Å². The van der Waals surface area contributed by atoms with Crippen molar-refractivity contribution in [1.82, 2.24) is 5.32 Å². The molecule has 2 amide bonds. The van der Waals surface area contributed by atoms with Crippen LogP contribution in [0.3, 0.4) is 0 Å². The van der Waals surface area contributed by atoms with Crippen LogP contribution >= 0.6 is 11.6 Å². The van der Waals surface area contributed by atoms with Crippen molar-refractivity contribution < 1.29 is 23.5 Å². The fraction of sp³-hybridized carbons (Fsp3) is 0.440. The molecule has 9 heteroatoms. The van der Waals surface area contributed by atoms with Gasteiger partial charge >= 0.3 is 0 Å². The van der Waals surface area contributed by atoms with Crippen LogP contribution in [0, 0.1) is 11.2 Å². The van der Waals surface area contributed by atoms with Crippen molar-refractivity contribution >= 4 is 29.1 Å². The average Bonchev–Trinajstić information content (AvgIpc) is 2.74. The number of halogens is 2. The van der Waals surface area contributed by atoms with Crippen molar-refractivity contribution in [2.45, 2.75) is 37.3 Å². The van der Waals surface area contributed by atoms with Crippen LogP contribution in [-0.2, 0) is 20.7 Å². The van der Waals surface area contributed by atoms with Crippen LogP contribution in [0.4, 0.5) is 10.1 Å². The van der Waals surface area contributed by atoms with E-state index >= 15 is 0 Å². The molecule has 1 atom stereocenters. The SMILES string of the molecule is CN(C)c1ccc(CCOCC(=O)NC23CC(C(Oc4ccc(Cl)c(F)c4)C(N)=O)(C2)C3)cc1. The molecule has 2 aromatic rings. The molecule has 1 unspecified atom stereocenters. The molecule has 3 aliphatic carbocycles. The maximum absolute atomic E-state index is 13.7. The highest BCUT2D eigenvalue weighted by molar-refractivity contribution is 6.30. The average molecular weight is 490 g/mol. The second kappa shape index (κ2) is 9.43. The van der Waals surface area contributed by atoms with Gasteiger partial charge in [-0.25, -0.2) is 4.39 Å². The molecule has 0 radical (unpaired) electrons. The normalized spacial score (nSPS) is 23.3. The number of nitrogens with two attached hydrogens (primary N) is 1.